The number of rotatable bonds is 9. The number of nitrogens with zero attached hydrogens (tertiary/aromatic N) is 1. The smallest absolute Gasteiger partial charge is 0.329 e. The van der Waals surface area contributed by atoms with Gasteiger partial charge in [0.15, 0.2) is 5.78 Å². The van der Waals surface area contributed by atoms with Gasteiger partial charge in [0, 0.05) is 58.5 Å². The van der Waals surface area contributed by atoms with E-state index < -0.39 is 109 Å². The van der Waals surface area contributed by atoms with Crippen molar-refractivity contribution >= 4 is 29.2 Å². The average molecular weight is 962 g/mol. The summed E-state index contributed by atoms with van der Waals surface area (Å²) in [7, 11) is 4.33. The standard InChI is InChI=1S/C53H83NO14/c1-32-16-12-11-13-17-33(2)44(63-8)30-40-21-19-38(7)53(62,68-40)50(59)51(60)54-23-15-14-18-41(54)52(61)67-45(35(4)28-39-20-22-43(66-25-24-55)46(29-39)64-9)31-42(56)34(3)27-37(6)48(58)49(65-10)47(57)36(5)26-32/h11-13,16-17,27,32,34-36,38-41,43-46,48-49,55,58,62H,14-15,18-26,28-31H2,1-10H3/b13-11?,16-12-,33-17?,37-27?/t32-,34-,35-,36-,38-,39+,40+,41+,43-,44+,45?,46-,48-,49+,53-/m1/s1/i24D2,25D2. The summed E-state index contributed by atoms with van der Waals surface area (Å²) in [4.78, 5) is 72.3. The van der Waals surface area contributed by atoms with Crippen LogP contribution in [0.25, 0.3) is 0 Å². The minimum Gasteiger partial charge on any atom is -0.460 e. The van der Waals surface area contributed by atoms with E-state index in [1.165, 1.54) is 14.2 Å². The molecule has 15 nitrogen and oxygen atoms in total. The Morgan fingerprint density at radius 2 is 1.62 bits per heavy atom. The Morgan fingerprint density at radius 1 is 0.882 bits per heavy atom. The van der Waals surface area contributed by atoms with Crippen LogP contribution in [0.2, 0.25) is 0 Å². The third kappa shape index (κ3) is 15.3. The zero-order chi connectivity index (χ0) is 53.9. The Morgan fingerprint density at radius 3 is 2.29 bits per heavy atom. The number of methoxy groups -OCH3 is 3. The van der Waals surface area contributed by atoms with Crippen molar-refractivity contribution in [3.8, 4) is 0 Å². The molecule has 1 saturated carbocycles. The van der Waals surface area contributed by atoms with Crippen molar-refractivity contribution < 1.29 is 73.2 Å². The van der Waals surface area contributed by atoms with Gasteiger partial charge < -0.3 is 48.6 Å². The number of ether oxygens (including phenoxy) is 6. The Labute approximate surface area is 410 Å². The number of piperidine rings is 1. The summed E-state index contributed by atoms with van der Waals surface area (Å²) in [6.07, 6.45) is 8.68. The SMILES string of the molecule is [2H]C([2H])(O)C([2H])([2H])O[C@@H]1CC[C@@H](C[C@@H](C)C2CC(=O)[C@H](C)C=C(C)[C@@H](O)[C@@H](OC)C(=O)[C@H](C)C[C@H](C)/C=C\C=CC=C(C)[C@@H](OC)C[C@@H]3CC[C@@H](C)[C@@](O)(O3)C(=O)C(=O)N3CCCC[C@H]3C(=O)O2)C[C@H]1OC. The van der Waals surface area contributed by atoms with Crippen molar-refractivity contribution in [1.29, 1.82) is 0 Å². The number of aliphatic hydroxyl groups excluding tert-OH is 1. The summed E-state index contributed by atoms with van der Waals surface area (Å²) in [6, 6.07) is -1.22. The highest BCUT2D eigenvalue weighted by Crippen LogP contribution is 2.38. The maximum Gasteiger partial charge on any atom is 0.329 e. The van der Waals surface area contributed by atoms with E-state index in [-0.39, 0.29) is 55.6 Å². The van der Waals surface area contributed by atoms with Crippen LogP contribution >= 0.6 is 0 Å². The van der Waals surface area contributed by atoms with E-state index in [1.807, 2.05) is 51.2 Å². The van der Waals surface area contributed by atoms with Crippen LogP contribution in [-0.4, -0.2) is 145 Å². The number of hydrogen-bond acceptors (Lipinski definition) is 14. The largest absolute Gasteiger partial charge is 0.460 e. The van der Waals surface area contributed by atoms with Gasteiger partial charge in [-0.2, -0.15) is 0 Å². The second kappa shape index (κ2) is 27.3. The first kappa shape index (κ1) is 51.0. The molecule has 15 heteroatoms. The molecule has 3 aliphatic heterocycles. The molecule has 0 aromatic carbocycles. The normalized spacial score (nSPS) is 38.5. The first-order valence-corrected chi connectivity index (χ1v) is 24.6. The number of allylic oxidation sites excluding steroid dienone is 6. The van der Waals surface area contributed by atoms with Crippen molar-refractivity contribution in [2.24, 2.45) is 35.5 Å². The van der Waals surface area contributed by atoms with Crippen LogP contribution in [0.3, 0.4) is 0 Å². The molecule has 0 aromatic rings. The molecule has 68 heavy (non-hydrogen) atoms. The van der Waals surface area contributed by atoms with Crippen LogP contribution in [0.4, 0.5) is 0 Å². The monoisotopic (exact) mass is 962 g/mol. The highest BCUT2D eigenvalue weighted by atomic mass is 16.6. The lowest BCUT2D eigenvalue weighted by Crippen LogP contribution is -2.61. The molecule has 4 rings (SSSR count). The molecule has 3 heterocycles. The van der Waals surface area contributed by atoms with Crippen molar-refractivity contribution in [2.45, 2.75) is 180 Å². The number of carbonyl (C=O) groups is 5. The van der Waals surface area contributed by atoms with E-state index in [4.69, 9.17) is 33.9 Å². The molecular formula is C53H83NO14. The van der Waals surface area contributed by atoms with Crippen molar-refractivity contribution in [3.05, 3.63) is 47.6 Å². The number of fused-ring (bicyclic) bond motifs is 3. The molecule has 2 saturated heterocycles. The molecule has 1 amide bonds. The lowest BCUT2D eigenvalue weighted by Gasteiger charge is -2.42. The molecule has 15 atom stereocenters. The minimum absolute atomic E-state index is 0.0148. The third-order valence-electron chi connectivity index (χ3n) is 14.7. The van der Waals surface area contributed by atoms with E-state index in [0.717, 1.165) is 10.5 Å². The van der Waals surface area contributed by atoms with Crippen LogP contribution in [0.1, 0.15) is 131 Å². The molecular weight excluding hydrogens is 875 g/mol. The Balaban J connectivity index is 1.70. The second-order valence-electron chi connectivity index (χ2n) is 19.9. The average Bonchev–Trinajstić information content (AvgIpc) is 3.32. The zero-order valence-electron chi connectivity index (χ0n) is 46.0. The fourth-order valence-corrected chi connectivity index (χ4v) is 10.3. The molecule has 3 fully saturated rings. The molecule has 4 aliphatic rings. The summed E-state index contributed by atoms with van der Waals surface area (Å²) in [6.45, 7) is 6.12. The number of amides is 1. The van der Waals surface area contributed by atoms with Crippen LogP contribution < -0.4 is 0 Å². The number of Topliss-reactive ketones (excluding diaryl/α,β-unsaturated/α-hetero) is 3. The van der Waals surface area contributed by atoms with Crippen molar-refractivity contribution in [2.75, 3.05) is 41.0 Å². The minimum atomic E-state index is -3.27. The van der Waals surface area contributed by atoms with Gasteiger partial charge in [-0.3, -0.25) is 19.2 Å². The van der Waals surface area contributed by atoms with Gasteiger partial charge in [-0.15, -0.1) is 0 Å². The van der Waals surface area contributed by atoms with Gasteiger partial charge >= 0.3 is 5.97 Å². The first-order valence-electron chi connectivity index (χ1n) is 26.6. The van der Waals surface area contributed by atoms with Crippen LogP contribution in [-0.2, 0) is 52.4 Å². The molecule has 0 spiro atoms. The van der Waals surface area contributed by atoms with Crippen molar-refractivity contribution in [3.63, 3.8) is 0 Å². The number of ketones is 3. The fourth-order valence-electron chi connectivity index (χ4n) is 10.3. The number of cyclic esters (lactones) is 1. The Bertz CT molecular complexity index is 1990. The maximum atomic E-state index is 14.5. The summed E-state index contributed by atoms with van der Waals surface area (Å²) < 4.78 is 65.9. The highest BCUT2D eigenvalue weighted by molar-refractivity contribution is 6.39. The van der Waals surface area contributed by atoms with E-state index in [9.17, 15) is 39.3 Å². The first-order chi connectivity index (χ1) is 33.7. The summed E-state index contributed by atoms with van der Waals surface area (Å²) in [5.41, 5.74) is 1.19. The van der Waals surface area contributed by atoms with Gasteiger partial charge in [0.05, 0.1) is 43.0 Å². The van der Waals surface area contributed by atoms with E-state index in [0.29, 0.717) is 56.9 Å². The molecule has 0 radical (unpaired) electrons. The van der Waals surface area contributed by atoms with Crippen molar-refractivity contribution in [1.82, 2.24) is 4.90 Å². The number of carbonyl (C=O) groups excluding carboxylic acids is 5. The van der Waals surface area contributed by atoms with Gasteiger partial charge in [-0.1, -0.05) is 71.1 Å². The summed E-state index contributed by atoms with van der Waals surface area (Å²) >= 11 is 0. The van der Waals surface area contributed by atoms with Crippen LogP contribution in [0.5, 0.6) is 0 Å². The molecule has 384 valence electrons. The number of hydrogen-bond donors (Lipinski definition) is 3. The van der Waals surface area contributed by atoms with Gasteiger partial charge in [0.2, 0.25) is 5.79 Å². The van der Waals surface area contributed by atoms with E-state index in [2.05, 4.69) is 0 Å². The molecule has 1 aliphatic carbocycles. The van der Waals surface area contributed by atoms with Gasteiger partial charge in [-0.05, 0) is 107 Å². The topological polar surface area (TPSA) is 205 Å². The highest BCUT2D eigenvalue weighted by Gasteiger charge is 2.53. The lowest BCUT2D eigenvalue weighted by atomic mass is 9.78. The quantitative estimate of drug-likeness (QED) is 0.134. The Hall–Kier alpha value is -3.41. The lowest BCUT2D eigenvalue weighted by molar-refractivity contribution is -0.265. The molecule has 3 N–H and O–H groups in total. The predicted octanol–water partition coefficient (Wildman–Crippen LogP) is 6.20. The van der Waals surface area contributed by atoms with Gasteiger partial charge in [-0.25, -0.2) is 4.79 Å². The molecule has 2 bridgehead atoms. The molecule has 1 unspecified atom stereocenters. The summed E-state index contributed by atoms with van der Waals surface area (Å²) in [5, 5.41) is 33.3. The zero-order valence-corrected chi connectivity index (χ0v) is 42.0. The predicted molar refractivity (Wildman–Crippen MR) is 256 cm³/mol. The molecule has 0 aromatic heterocycles. The Kier molecular flexibility index (Phi) is 20.4. The van der Waals surface area contributed by atoms with Gasteiger partial charge in [0.1, 0.15) is 30.1 Å². The third-order valence-corrected chi connectivity index (χ3v) is 14.7. The fraction of sp³-hybridized carbons (Fsp3) is 0.755. The van der Waals surface area contributed by atoms with Crippen LogP contribution in [0, 0.1) is 35.5 Å². The van der Waals surface area contributed by atoms with Gasteiger partial charge in [0.25, 0.3) is 11.7 Å². The maximum absolute atomic E-state index is 14.5. The summed E-state index contributed by atoms with van der Waals surface area (Å²) in [5.74, 6) is -8.91. The van der Waals surface area contributed by atoms with E-state index in [1.54, 1.807) is 40.9 Å². The second-order valence-corrected chi connectivity index (χ2v) is 19.9. The van der Waals surface area contributed by atoms with E-state index >= 15 is 0 Å². The van der Waals surface area contributed by atoms with Crippen LogP contribution in [0.15, 0.2) is 47.6 Å². The number of esters is 1. The number of aliphatic hydroxyl groups is 3.